The molecule has 0 N–H and O–H groups in total. The molecule has 0 amide bonds. The van der Waals surface area contributed by atoms with E-state index in [2.05, 4.69) is 18.7 Å². The Labute approximate surface area is 189 Å². The summed E-state index contributed by atoms with van der Waals surface area (Å²) < 4.78 is 27.2. The lowest BCUT2D eigenvalue weighted by molar-refractivity contribution is 0.355. The normalized spacial score (nSPS) is 20.2. The molecule has 1 saturated heterocycles. The summed E-state index contributed by atoms with van der Waals surface area (Å²) in [5.41, 5.74) is 3.36. The molecule has 1 aromatic heterocycles. The lowest BCUT2D eigenvalue weighted by Crippen LogP contribution is -2.40. The zero-order valence-electron chi connectivity index (χ0n) is 18.9. The number of aryl methyl sites for hydroxylation is 2. The van der Waals surface area contributed by atoms with Crippen molar-refractivity contribution < 1.29 is 8.42 Å². The predicted molar refractivity (Wildman–Crippen MR) is 126 cm³/mol. The average molecular weight is 449 g/mol. The van der Waals surface area contributed by atoms with Gasteiger partial charge in [0.25, 0.3) is 0 Å². The molecule has 0 spiro atoms. The fraction of sp³-hybridized carbons (Fsp3) is 0.400. The van der Waals surface area contributed by atoms with E-state index in [1.807, 2.05) is 38.1 Å². The van der Waals surface area contributed by atoms with Gasteiger partial charge >= 0.3 is 0 Å². The highest BCUT2D eigenvalue weighted by Gasteiger charge is 2.36. The molecule has 0 bridgehead atoms. The fourth-order valence-electron chi connectivity index (χ4n) is 4.55. The third kappa shape index (κ3) is 4.07. The molecule has 0 radical (unpaired) electrons. The van der Waals surface area contributed by atoms with Crippen LogP contribution in [0.2, 0.25) is 0 Å². The van der Waals surface area contributed by atoms with Crippen molar-refractivity contribution in [2.24, 2.45) is 11.8 Å². The van der Waals surface area contributed by atoms with Crippen molar-refractivity contribution in [2.45, 2.75) is 44.3 Å². The zero-order chi connectivity index (χ0) is 23.0. The van der Waals surface area contributed by atoms with E-state index in [1.54, 1.807) is 24.3 Å². The summed E-state index contributed by atoms with van der Waals surface area (Å²) in [5.74, 6) is 1.38. The summed E-state index contributed by atoms with van der Waals surface area (Å²) >= 11 is 0. The quantitative estimate of drug-likeness (QED) is 0.571. The first-order chi connectivity index (χ1) is 15.2. The standard InChI is InChI=1S/C25H28N4O2S/c1-16-11-17(2)15-29(14-16)25-24(27-21-7-5-6-8-22(21)28-25)23(13-26)32(30,31)20-10-9-18(3)19(4)12-20/h5-10,12,16-17,23H,11,14-15H2,1-4H3/t16-,17-,23-/m1/s1. The van der Waals surface area contributed by atoms with E-state index in [0.29, 0.717) is 28.7 Å². The number of nitrogens with zero attached hydrogens (tertiary/aromatic N) is 4. The van der Waals surface area contributed by atoms with Gasteiger partial charge in [0, 0.05) is 13.1 Å². The first-order valence-electron chi connectivity index (χ1n) is 10.9. The van der Waals surface area contributed by atoms with E-state index >= 15 is 0 Å². The molecule has 3 atom stereocenters. The van der Waals surface area contributed by atoms with Crippen molar-refractivity contribution in [2.75, 3.05) is 18.0 Å². The number of nitriles is 1. The van der Waals surface area contributed by atoms with Crippen molar-refractivity contribution in [3.8, 4) is 6.07 Å². The molecule has 32 heavy (non-hydrogen) atoms. The van der Waals surface area contributed by atoms with Crippen molar-refractivity contribution in [1.29, 1.82) is 5.26 Å². The maximum atomic E-state index is 13.6. The number of anilines is 1. The third-order valence-electron chi connectivity index (χ3n) is 6.23. The van der Waals surface area contributed by atoms with Crippen LogP contribution in [0.25, 0.3) is 11.0 Å². The maximum Gasteiger partial charge on any atom is 0.200 e. The highest BCUT2D eigenvalue weighted by atomic mass is 32.2. The lowest BCUT2D eigenvalue weighted by atomic mass is 9.92. The second-order valence-electron chi connectivity index (χ2n) is 9.07. The summed E-state index contributed by atoms with van der Waals surface area (Å²) in [4.78, 5) is 11.8. The van der Waals surface area contributed by atoms with E-state index < -0.39 is 15.1 Å². The van der Waals surface area contributed by atoms with Gasteiger partial charge in [-0.1, -0.05) is 32.0 Å². The molecular weight excluding hydrogens is 420 g/mol. The van der Waals surface area contributed by atoms with E-state index in [0.717, 1.165) is 30.6 Å². The molecule has 0 aliphatic carbocycles. The van der Waals surface area contributed by atoms with Gasteiger partial charge in [-0.05, 0) is 67.5 Å². The van der Waals surface area contributed by atoms with Crippen molar-refractivity contribution in [3.63, 3.8) is 0 Å². The van der Waals surface area contributed by atoms with Gasteiger partial charge in [0.1, 0.15) is 5.69 Å². The molecular formula is C25H28N4O2S. The summed E-state index contributed by atoms with van der Waals surface area (Å²) in [6, 6.07) is 14.4. The second kappa shape index (κ2) is 8.51. The molecule has 6 nitrogen and oxygen atoms in total. The van der Waals surface area contributed by atoms with Gasteiger partial charge < -0.3 is 4.90 Å². The Bertz CT molecular complexity index is 1300. The first kappa shape index (κ1) is 22.2. The minimum absolute atomic E-state index is 0.133. The molecule has 2 heterocycles. The highest BCUT2D eigenvalue weighted by Crippen LogP contribution is 2.36. The lowest BCUT2D eigenvalue weighted by Gasteiger charge is -2.36. The number of benzene rings is 2. The van der Waals surface area contributed by atoms with Gasteiger partial charge in [-0.25, -0.2) is 18.4 Å². The van der Waals surface area contributed by atoms with Crippen LogP contribution in [-0.4, -0.2) is 31.5 Å². The number of sulfone groups is 1. The van der Waals surface area contributed by atoms with Crippen LogP contribution >= 0.6 is 0 Å². The summed E-state index contributed by atoms with van der Waals surface area (Å²) in [6.07, 6.45) is 1.11. The van der Waals surface area contributed by atoms with Gasteiger partial charge in [-0.2, -0.15) is 5.26 Å². The Hall–Kier alpha value is -2.98. The van der Waals surface area contributed by atoms with Gasteiger partial charge in [0.05, 0.1) is 22.0 Å². The number of piperidine rings is 1. The fourth-order valence-corrected chi connectivity index (χ4v) is 6.02. The largest absolute Gasteiger partial charge is 0.354 e. The number of hydrogen-bond acceptors (Lipinski definition) is 6. The van der Waals surface area contributed by atoms with Crippen LogP contribution in [0.3, 0.4) is 0 Å². The Balaban J connectivity index is 1.90. The van der Waals surface area contributed by atoms with Crippen LogP contribution in [-0.2, 0) is 9.84 Å². The van der Waals surface area contributed by atoms with Crippen molar-refractivity contribution in [1.82, 2.24) is 9.97 Å². The van der Waals surface area contributed by atoms with E-state index in [9.17, 15) is 13.7 Å². The van der Waals surface area contributed by atoms with Crippen LogP contribution in [0.4, 0.5) is 5.82 Å². The minimum atomic E-state index is -3.99. The molecule has 0 unspecified atom stereocenters. The van der Waals surface area contributed by atoms with Crippen LogP contribution in [0.1, 0.15) is 42.3 Å². The van der Waals surface area contributed by atoms with Gasteiger partial charge in [0.15, 0.2) is 11.1 Å². The SMILES string of the molecule is Cc1ccc(S(=O)(=O)[C@H](C#N)c2nc3ccccc3nc2N2C[C@H](C)C[C@@H](C)C2)cc1C. The molecule has 166 valence electrons. The van der Waals surface area contributed by atoms with E-state index in [1.165, 1.54) is 0 Å². The van der Waals surface area contributed by atoms with Crippen LogP contribution in [0, 0.1) is 37.0 Å². The zero-order valence-corrected chi connectivity index (χ0v) is 19.7. The number of hydrogen-bond donors (Lipinski definition) is 0. The molecule has 1 aliphatic heterocycles. The van der Waals surface area contributed by atoms with Crippen molar-refractivity contribution in [3.05, 3.63) is 59.3 Å². The van der Waals surface area contributed by atoms with Gasteiger partial charge in [-0.3, -0.25) is 0 Å². The number of para-hydroxylation sites is 2. The summed E-state index contributed by atoms with van der Waals surface area (Å²) in [5, 5.41) is 8.64. The second-order valence-corrected chi connectivity index (χ2v) is 11.1. The summed E-state index contributed by atoms with van der Waals surface area (Å²) in [7, 11) is -3.99. The molecule has 1 aliphatic rings. The molecule has 1 fully saturated rings. The Morgan fingerprint density at radius 1 is 1.00 bits per heavy atom. The maximum absolute atomic E-state index is 13.6. The minimum Gasteiger partial charge on any atom is -0.354 e. The average Bonchev–Trinajstić information content (AvgIpc) is 2.74. The molecule has 0 saturated carbocycles. The predicted octanol–water partition coefficient (Wildman–Crippen LogP) is 4.77. The Morgan fingerprint density at radius 3 is 2.22 bits per heavy atom. The highest BCUT2D eigenvalue weighted by molar-refractivity contribution is 7.92. The topological polar surface area (TPSA) is 86.9 Å². The smallest absolute Gasteiger partial charge is 0.200 e. The number of rotatable bonds is 4. The number of fused-ring (bicyclic) bond motifs is 1. The van der Waals surface area contributed by atoms with Crippen LogP contribution in [0.15, 0.2) is 47.4 Å². The first-order valence-corrected chi connectivity index (χ1v) is 12.5. The Morgan fingerprint density at radius 2 is 1.62 bits per heavy atom. The molecule has 4 rings (SSSR count). The third-order valence-corrected chi connectivity index (χ3v) is 8.09. The monoisotopic (exact) mass is 448 g/mol. The van der Waals surface area contributed by atoms with Crippen LogP contribution in [0.5, 0.6) is 0 Å². The van der Waals surface area contributed by atoms with Crippen molar-refractivity contribution >= 4 is 26.7 Å². The van der Waals surface area contributed by atoms with E-state index in [-0.39, 0.29) is 10.6 Å². The van der Waals surface area contributed by atoms with E-state index in [4.69, 9.17) is 9.97 Å². The van der Waals surface area contributed by atoms with Crippen LogP contribution < -0.4 is 4.90 Å². The molecule has 3 aromatic rings. The Kier molecular flexibility index (Phi) is 5.91. The summed E-state index contributed by atoms with van der Waals surface area (Å²) in [6.45, 7) is 9.68. The molecule has 7 heteroatoms. The van der Waals surface area contributed by atoms with Gasteiger partial charge in [0.2, 0.25) is 9.84 Å². The number of aromatic nitrogens is 2. The molecule has 2 aromatic carbocycles. The van der Waals surface area contributed by atoms with Gasteiger partial charge in [-0.15, -0.1) is 0 Å².